The average Bonchev–Trinajstić information content (AvgIpc) is 2.70. The van der Waals surface area contributed by atoms with Crippen LogP contribution in [-0.2, 0) is 25.6 Å². The maximum atomic E-state index is 13.0. The van der Waals surface area contributed by atoms with E-state index in [4.69, 9.17) is 11.5 Å². The fourth-order valence-electron chi connectivity index (χ4n) is 3.16. The van der Waals surface area contributed by atoms with E-state index in [9.17, 15) is 19.2 Å². The van der Waals surface area contributed by atoms with E-state index in [0.717, 1.165) is 5.56 Å². The fourth-order valence-corrected chi connectivity index (χ4v) is 3.16. The molecule has 0 radical (unpaired) electrons. The van der Waals surface area contributed by atoms with Gasteiger partial charge in [0.25, 0.3) is 0 Å². The van der Waals surface area contributed by atoms with E-state index >= 15 is 0 Å². The molecule has 0 aliphatic heterocycles. The molecule has 0 fully saturated rings. The molecule has 1 aromatic carbocycles. The van der Waals surface area contributed by atoms with Crippen molar-refractivity contribution in [2.24, 2.45) is 17.4 Å². The Balaban J connectivity index is 3.03. The summed E-state index contributed by atoms with van der Waals surface area (Å²) in [5.74, 6) is -1.85. The highest BCUT2D eigenvalue weighted by Gasteiger charge is 2.29. The second-order valence-electron chi connectivity index (χ2n) is 8.03. The summed E-state index contributed by atoms with van der Waals surface area (Å²) in [6, 6.07) is 6.59. The maximum Gasteiger partial charge on any atom is 0.243 e. The molecular formula is C22H35N5O4. The third-order valence-electron chi connectivity index (χ3n) is 4.67. The van der Waals surface area contributed by atoms with Gasteiger partial charge in [0.15, 0.2) is 0 Å². The van der Waals surface area contributed by atoms with E-state index < -0.39 is 35.8 Å². The van der Waals surface area contributed by atoms with Gasteiger partial charge in [-0.15, -0.1) is 0 Å². The third kappa shape index (κ3) is 10.1. The van der Waals surface area contributed by atoms with E-state index in [0.29, 0.717) is 25.8 Å². The predicted molar refractivity (Wildman–Crippen MR) is 119 cm³/mol. The van der Waals surface area contributed by atoms with Gasteiger partial charge >= 0.3 is 0 Å². The van der Waals surface area contributed by atoms with Gasteiger partial charge in [-0.3, -0.25) is 19.2 Å². The topological polar surface area (TPSA) is 156 Å². The van der Waals surface area contributed by atoms with Crippen molar-refractivity contribution >= 4 is 23.6 Å². The van der Waals surface area contributed by atoms with Crippen LogP contribution < -0.4 is 27.4 Å². The molecule has 9 nitrogen and oxygen atoms in total. The fraction of sp³-hybridized carbons (Fsp3) is 0.545. The Labute approximate surface area is 183 Å². The lowest BCUT2D eigenvalue weighted by atomic mass is 10.0. The Hall–Kier alpha value is -2.94. The first-order valence-corrected chi connectivity index (χ1v) is 10.5. The van der Waals surface area contributed by atoms with Crippen LogP contribution in [0.5, 0.6) is 0 Å². The lowest BCUT2D eigenvalue weighted by Crippen LogP contribution is -2.57. The molecule has 0 unspecified atom stereocenters. The Morgan fingerprint density at radius 1 is 0.903 bits per heavy atom. The summed E-state index contributed by atoms with van der Waals surface area (Å²) < 4.78 is 0. The number of hydrogen-bond acceptors (Lipinski definition) is 5. The summed E-state index contributed by atoms with van der Waals surface area (Å²) in [7, 11) is 0. The van der Waals surface area contributed by atoms with Crippen molar-refractivity contribution in [1.82, 2.24) is 16.0 Å². The van der Waals surface area contributed by atoms with Crippen LogP contribution in [0.15, 0.2) is 30.3 Å². The summed E-state index contributed by atoms with van der Waals surface area (Å²) in [6.45, 7) is 5.52. The molecular weight excluding hydrogens is 398 g/mol. The number of hydrogen-bond donors (Lipinski definition) is 5. The van der Waals surface area contributed by atoms with E-state index in [1.807, 2.05) is 44.2 Å². The molecule has 0 aliphatic carbocycles. The zero-order chi connectivity index (χ0) is 23.4. The van der Waals surface area contributed by atoms with Gasteiger partial charge in [-0.05, 0) is 37.3 Å². The molecule has 31 heavy (non-hydrogen) atoms. The highest BCUT2D eigenvalue weighted by molar-refractivity contribution is 5.94. The smallest absolute Gasteiger partial charge is 0.243 e. The van der Waals surface area contributed by atoms with Gasteiger partial charge in [0.05, 0.1) is 0 Å². The van der Waals surface area contributed by atoms with Crippen molar-refractivity contribution in [3.63, 3.8) is 0 Å². The lowest BCUT2D eigenvalue weighted by Gasteiger charge is -2.25. The highest BCUT2D eigenvalue weighted by atomic mass is 16.2. The third-order valence-corrected chi connectivity index (χ3v) is 4.67. The van der Waals surface area contributed by atoms with Gasteiger partial charge in [-0.25, -0.2) is 0 Å². The number of rotatable bonds is 13. The van der Waals surface area contributed by atoms with Crippen LogP contribution in [-0.4, -0.2) is 48.3 Å². The van der Waals surface area contributed by atoms with Crippen LogP contribution in [0.25, 0.3) is 0 Å². The molecule has 1 rings (SSSR count). The molecule has 0 bridgehead atoms. The molecule has 0 saturated carbocycles. The molecule has 172 valence electrons. The molecule has 0 aliphatic rings. The van der Waals surface area contributed by atoms with Crippen molar-refractivity contribution in [1.29, 1.82) is 0 Å². The number of benzene rings is 1. The van der Waals surface area contributed by atoms with Crippen molar-refractivity contribution in [2.45, 2.75) is 64.6 Å². The summed E-state index contributed by atoms with van der Waals surface area (Å²) in [5, 5.41) is 7.97. The van der Waals surface area contributed by atoms with Gasteiger partial charge in [-0.2, -0.15) is 0 Å². The summed E-state index contributed by atoms with van der Waals surface area (Å²) >= 11 is 0. The average molecular weight is 434 g/mol. The zero-order valence-electron chi connectivity index (χ0n) is 18.5. The minimum absolute atomic E-state index is 0.139. The second-order valence-corrected chi connectivity index (χ2v) is 8.03. The SMILES string of the molecule is CC(=O)N[C@@H](CCCN)C(=O)N[C@@H](Cc1ccccc1)C(=O)N[C@@H](CC(C)C)C(N)=O. The van der Waals surface area contributed by atoms with E-state index in [1.165, 1.54) is 6.92 Å². The quantitative estimate of drug-likeness (QED) is 0.295. The first-order chi connectivity index (χ1) is 14.6. The molecule has 0 saturated heterocycles. The molecule has 4 amide bonds. The van der Waals surface area contributed by atoms with Gasteiger partial charge < -0.3 is 27.4 Å². The number of amides is 4. The molecule has 0 spiro atoms. The van der Waals surface area contributed by atoms with Gasteiger partial charge in [0, 0.05) is 13.3 Å². The Morgan fingerprint density at radius 3 is 2.00 bits per heavy atom. The summed E-state index contributed by atoms with van der Waals surface area (Å²) in [6.07, 6.45) is 1.48. The number of primary amides is 1. The summed E-state index contributed by atoms with van der Waals surface area (Å²) in [4.78, 5) is 49.1. The second kappa shape index (κ2) is 13.4. The zero-order valence-corrected chi connectivity index (χ0v) is 18.5. The molecule has 3 atom stereocenters. The van der Waals surface area contributed by atoms with E-state index in [2.05, 4.69) is 16.0 Å². The molecule has 0 heterocycles. The maximum absolute atomic E-state index is 13.0. The van der Waals surface area contributed by atoms with Gasteiger partial charge in [0.1, 0.15) is 18.1 Å². The Kier molecular flexibility index (Phi) is 11.3. The number of nitrogens with two attached hydrogens (primary N) is 2. The molecule has 9 heteroatoms. The minimum Gasteiger partial charge on any atom is -0.368 e. The lowest BCUT2D eigenvalue weighted by molar-refractivity contribution is -0.133. The number of carbonyl (C=O) groups is 4. The van der Waals surface area contributed by atoms with Crippen LogP contribution in [0.2, 0.25) is 0 Å². The first kappa shape index (κ1) is 26.1. The van der Waals surface area contributed by atoms with Gasteiger partial charge in [-0.1, -0.05) is 44.2 Å². The summed E-state index contributed by atoms with van der Waals surface area (Å²) in [5.41, 5.74) is 11.8. The monoisotopic (exact) mass is 433 g/mol. The van der Waals surface area contributed by atoms with Gasteiger partial charge in [0.2, 0.25) is 23.6 Å². The van der Waals surface area contributed by atoms with Crippen LogP contribution in [0.3, 0.4) is 0 Å². The Morgan fingerprint density at radius 2 is 1.48 bits per heavy atom. The van der Waals surface area contributed by atoms with Crippen LogP contribution in [0.4, 0.5) is 0 Å². The van der Waals surface area contributed by atoms with E-state index in [1.54, 1.807) is 0 Å². The molecule has 7 N–H and O–H groups in total. The number of nitrogens with one attached hydrogen (secondary N) is 3. The first-order valence-electron chi connectivity index (χ1n) is 10.5. The van der Waals surface area contributed by atoms with Crippen molar-refractivity contribution in [2.75, 3.05) is 6.54 Å². The number of carbonyl (C=O) groups excluding carboxylic acids is 4. The predicted octanol–water partition coefficient (Wildman–Crippen LogP) is -0.0263. The van der Waals surface area contributed by atoms with E-state index in [-0.39, 0.29) is 18.2 Å². The van der Waals surface area contributed by atoms with Crippen molar-refractivity contribution in [3.05, 3.63) is 35.9 Å². The van der Waals surface area contributed by atoms with Crippen molar-refractivity contribution in [3.8, 4) is 0 Å². The normalized spacial score (nSPS) is 13.7. The minimum atomic E-state index is -0.946. The molecule has 0 aromatic heterocycles. The largest absolute Gasteiger partial charge is 0.368 e. The van der Waals surface area contributed by atoms with Crippen LogP contribution in [0.1, 0.15) is 45.6 Å². The van der Waals surface area contributed by atoms with Crippen LogP contribution in [0, 0.1) is 5.92 Å². The molecule has 1 aromatic rings. The highest BCUT2D eigenvalue weighted by Crippen LogP contribution is 2.08. The Bertz CT molecular complexity index is 739. The van der Waals surface area contributed by atoms with Crippen molar-refractivity contribution < 1.29 is 19.2 Å². The van der Waals surface area contributed by atoms with Crippen LogP contribution >= 0.6 is 0 Å². The standard InChI is InChI=1S/C22H35N5O4/c1-14(2)12-18(20(24)29)26-22(31)19(13-16-8-5-4-6-9-16)27-21(30)17(10-7-11-23)25-15(3)28/h4-6,8-9,14,17-19H,7,10-13,23H2,1-3H3,(H2,24,29)(H,25,28)(H,26,31)(H,27,30)/t17-,18-,19-/m0/s1.